The highest BCUT2D eigenvalue weighted by atomic mass is 19.1. The van der Waals surface area contributed by atoms with Gasteiger partial charge in [-0.2, -0.15) is 0 Å². The highest BCUT2D eigenvalue weighted by Gasteiger charge is 2.11. The van der Waals surface area contributed by atoms with Crippen LogP contribution < -0.4 is 16.2 Å². The molecule has 0 aliphatic heterocycles. The van der Waals surface area contributed by atoms with E-state index in [1.165, 1.54) is 12.1 Å². The number of halogens is 1. The number of nitrogens with two attached hydrogens (primary N) is 2. The minimum atomic E-state index is -0.299. The van der Waals surface area contributed by atoms with Gasteiger partial charge in [0.1, 0.15) is 11.6 Å². The SMILES string of the molecule is COc1ccc(CN)cc1-c1cc(F)ccc1CN. The largest absolute Gasteiger partial charge is 0.496 e. The van der Waals surface area contributed by atoms with Gasteiger partial charge in [0.25, 0.3) is 0 Å². The molecule has 0 atom stereocenters. The molecule has 0 aliphatic rings. The number of hydrogen-bond donors (Lipinski definition) is 2. The summed E-state index contributed by atoms with van der Waals surface area (Å²) in [5.41, 5.74) is 14.7. The highest BCUT2D eigenvalue weighted by molar-refractivity contribution is 5.74. The first-order valence-corrected chi connectivity index (χ1v) is 6.05. The molecule has 100 valence electrons. The van der Waals surface area contributed by atoms with Gasteiger partial charge < -0.3 is 16.2 Å². The van der Waals surface area contributed by atoms with Gasteiger partial charge in [0, 0.05) is 18.7 Å². The predicted molar refractivity (Wildman–Crippen MR) is 74.2 cm³/mol. The third-order valence-electron chi connectivity index (χ3n) is 3.08. The quantitative estimate of drug-likeness (QED) is 0.887. The molecule has 0 fully saturated rings. The molecule has 4 N–H and O–H groups in total. The lowest BCUT2D eigenvalue weighted by Crippen LogP contribution is -2.02. The van der Waals surface area contributed by atoms with Crippen LogP contribution in [-0.4, -0.2) is 7.11 Å². The van der Waals surface area contributed by atoms with E-state index < -0.39 is 0 Å². The lowest BCUT2D eigenvalue weighted by atomic mass is 9.97. The fraction of sp³-hybridized carbons (Fsp3) is 0.200. The monoisotopic (exact) mass is 260 g/mol. The van der Waals surface area contributed by atoms with Crippen molar-refractivity contribution in [2.24, 2.45) is 11.5 Å². The van der Waals surface area contributed by atoms with E-state index in [0.717, 1.165) is 22.3 Å². The van der Waals surface area contributed by atoms with Crippen LogP contribution in [0.3, 0.4) is 0 Å². The zero-order valence-corrected chi connectivity index (χ0v) is 10.8. The van der Waals surface area contributed by atoms with Crippen LogP contribution in [0.15, 0.2) is 36.4 Å². The number of methoxy groups -OCH3 is 1. The standard InChI is InChI=1S/C15H17FN2O/c1-19-15-5-2-10(8-17)6-14(15)13-7-12(16)4-3-11(13)9-18/h2-7H,8-9,17-18H2,1H3. The van der Waals surface area contributed by atoms with Crippen molar-refractivity contribution in [2.75, 3.05) is 7.11 Å². The van der Waals surface area contributed by atoms with Crippen molar-refractivity contribution in [3.05, 3.63) is 53.3 Å². The zero-order chi connectivity index (χ0) is 13.8. The Morgan fingerprint density at radius 3 is 2.42 bits per heavy atom. The molecule has 0 amide bonds. The summed E-state index contributed by atoms with van der Waals surface area (Å²) in [4.78, 5) is 0. The Hall–Kier alpha value is -1.91. The molecule has 0 spiro atoms. The van der Waals surface area contributed by atoms with E-state index in [1.807, 2.05) is 18.2 Å². The summed E-state index contributed by atoms with van der Waals surface area (Å²) < 4.78 is 18.8. The first-order valence-electron chi connectivity index (χ1n) is 6.05. The average Bonchev–Trinajstić information content (AvgIpc) is 2.46. The molecule has 3 nitrogen and oxygen atoms in total. The van der Waals surface area contributed by atoms with E-state index in [4.69, 9.17) is 16.2 Å². The Bertz CT molecular complexity index is 584. The van der Waals surface area contributed by atoms with E-state index in [-0.39, 0.29) is 5.82 Å². The fourth-order valence-corrected chi connectivity index (χ4v) is 2.07. The van der Waals surface area contributed by atoms with Gasteiger partial charge in [-0.3, -0.25) is 0 Å². The number of ether oxygens (including phenoxy) is 1. The maximum absolute atomic E-state index is 13.5. The fourth-order valence-electron chi connectivity index (χ4n) is 2.07. The van der Waals surface area contributed by atoms with Crippen molar-refractivity contribution in [3.8, 4) is 16.9 Å². The van der Waals surface area contributed by atoms with Gasteiger partial charge in [-0.05, 0) is 41.0 Å². The predicted octanol–water partition coefficient (Wildman–Crippen LogP) is 2.42. The lowest BCUT2D eigenvalue weighted by Gasteiger charge is -2.13. The zero-order valence-electron chi connectivity index (χ0n) is 10.8. The summed E-state index contributed by atoms with van der Waals surface area (Å²) in [6.45, 7) is 0.760. The minimum Gasteiger partial charge on any atom is -0.496 e. The Morgan fingerprint density at radius 1 is 1.00 bits per heavy atom. The van der Waals surface area contributed by atoms with Gasteiger partial charge >= 0.3 is 0 Å². The normalized spacial score (nSPS) is 10.5. The van der Waals surface area contributed by atoms with Crippen LogP contribution in [0, 0.1) is 5.82 Å². The van der Waals surface area contributed by atoms with Crippen LogP contribution in [0.2, 0.25) is 0 Å². The second kappa shape index (κ2) is 5.82. The Balaban J connectivity index is 2.65. The van der Waals surface area contributed by atoms with Gasteiger partial charge in [-0.25, -0.2) is 4.39 Å². The second-order valence-corrected chi connectivity index (χ2v) is 4.24. The summed E-state index contributed by atoms with van der Waals surface area (Å²) in [5, 5.41) is 0. The lowest BCUT2D eigenvalue weighted by molar-refractivity contribution is 0.416. The highest BCUT2D eigenvalue weighted by Crippen LogP contribution is 2.33. The van der Waals surface area contributed by atoms with Crippen LogP contribution in [0.4, 0.5) is 4.39 Å². The summed E-state index contributed by atoms with van der Waals surface area (Å²) >= 11 is 0. The Labute approximate surface area is 112 Å². The maximum atomic E-state index is 13.5. The third kappa shape index (κ3) is 2.75. The Kier molecular flexibility index (Phi) is 4.14. The average molecular weight is 260 g/mol. The summed E-state index contributed by atoms with van der Waals surface area (Å²) in [7, 11) is 1.59. The van der Waals surface area contributed by atoms with E-state index >= 15 is 0 Å². The van der Waals surface area contributed by atoms with Crippen molar-refractivity contribution in [2.45, 2.75) is 13.1 Å². The van der Waals surface area contributed by atoms with Crippen molar-refractivity contribution in [1.29, 1.82) is 0 Å². The molecule has 0 radical (unpaired) electrons. The maximum Gasteiger partial charge on any atom is 0.126 e. The Morgan fingerprint density at radius 2 is 1.79 bits per heavy atom. The molecular weight excluding hydrogens is 243 g/mol. The van der Waals surface area contributed by atoms with Gasteiger partial charge in [0.2, 0.25) is 0 Å². The molecule has 0 saturated carbocycles. The molecule has 2 aromatic rings. The molecule has 0 heterocycles. The van der Waals surface area contributed by atoms with Gasteiger partial charge in [-0.1, -0.05) is 12.1 Å². The first kappa shape index (κ1) is 13.5. The third-order valence-corrected chi connectivity index (χ3v) is 3.08. The van der Waals surface area contributed by atoms with Crippen molar-refractivity contribution < 1.29 is 9.13 Å². The van der Waals surface area contributed by atoms with Gasteiger partial charge in [-0.15, -0.1) is 0 Å². The number of benzene rings is 2. The van der Waals surface area contributed by atoms with Crippen LogP contribution in [0.5, 0.6) is 5.75 Å². The molecule has 0 aromatic heterocycles. The number of rotatable bonds is 4. The molecular formula is C15H17FN2O. The van der Waals surface area contributed by atoms with E-state index in [2.05, 4.69) is 0 Å². The van der Waals surface area contributed by atoms with E-state index in [1.54, 1.807) is 13.2 Å². The molecule has 19 heavy (non-hydrogen) atoms. The molecule has 0 bridgehead atoms. The molecule has 0 aliphatic carbocycles. The van der Waals surface area contributed by atoms with Crippen LogP contribution in [-0.2, 0) is 13.1 Å². The van der Waals surface area contributed by atoms with Crippen molar-refractivity contribution >= 4 is 0 Å². The van der Waals surface area contributed by atoms with Gasteiger partial charge in [0.05, 0.1) is 7.11 Å². The minimum absolute atomic E-state index is 0.299. The van der Waals surface area contributed by atoms with Crippen LogP contribution in [0.25, 0.3) is 11.1 Å². The topological polar surface area (TPSA) is 61.3 Å². The molecule has 0 unspecified atom stereocenters. The summed E-state index contributed by atoms with van der Waals surface area (Å²) in [5.74, 6) is 0.380. The van der Waals surface area contributed by atoms with Crippen molar-refractivity contribution in [3.63, 3.8) is 0 Å². The first-order chi connectivity index (χ1) is 9.19. The number of hydrogen-bond acceptors (Lipinski definition) is 3. The van der Waals surface area contributed by atoms with Crippen LogP contribution >= 0.6 is 0 Å². The van der Waals surface area contributed by atoms with E-state index in [9.17, 15) is 4.39 Å². The summed E-state index contributed by atoms with van der Waals surface area (Å²) in [6, 6.07) is 10.2. The molecule has 2 aromatic carbocycles. The molecule has 2 rings (SSSR count). The smallest absolute Gasteiger partial charge is 0.126 e. The molecule has 0 saturated heterocycles. The molecule has 4 heteroatoms. The van der Waals surface area contributed by atoms with Crippen LogP contribution in [0.1, 0.15) is 11.1 Å². The van der Waals surface area contributed by atoms with Crippen molar-refractivity contribution in [1.82, 2.24) is 0 Å². The summed E-state index contributed by atoms with van der Waals surface area (Å²) in [6.07, 6.45) is 0. The van der Waals surface area contributed by atoms with Gasteiger partial charge in [0.15, 0.2) is 0 Å². The van der Waals surface area contributed by atoms with E-state index in [0.29, 0.717) is 18.8 Å². The second-order valence-electron chi connectivity index (χ2n) is 4.24.